The van der Waals surface area contributed by atoms with Gasteiger partial charge in [-0.3, -0.25) is 4.90 Å². The predicted molar refractivity (Wildman–Crippen MR) is 70.5 cm³/mol. The van der Waals surface area contributed by atoms with Gasteiger partial charge in [-0.1, -0.05) is 6.42 Å². The second-order valence-corrected chi connectivity index (χ2v) is 5.80. The molecule has 1 rings (SSSR count). The minimum absolute atomic E-state index is 0.201. The molecule has 0 radical (unpaired) electrons. The SMILES string of the molecule is CC(C)(C)OC(=O)NCCN1CCCC[C@@H]1CO. The molecule has 5 heteroatoms. The van der Waals surface area contributed by atoms with Gasteiger partial charge >= 0.3 is 6.09 Å². The highest BCUT2D eigenvalue weighted by Crippen LogP contribution is 2.15. The van der Waals surface area contributed by atoms with Gasteiger partial charge in [0.15, 0.2) is 0 Å². The zero-order chi connectivity index (χ0) is 13.6. The number of nitrogens with one attached hydrogen (secondary N) is 1. The molecule has 1 atom stereocenters. The van der Waals surface area contributed by atoms with Gasteiger partial charge in [-0.25, -0.2) is 4.79 Å². The Morgan fingerprint density at radius 2 is 2.17 bits per heavy atom. The molecule has 0 bridgehead atoms. The Balaban J connectivity index is 2.22. The number of carbonyl (C=O) groups excluding carboxylic acids is 1. The predicted octanol–water partition coefficient (Wildman–Crippen LogP) is 1.36. The van der Waals surface area contributed by atoms with Crippen LogP contribution >= 0.6 is 0 Å². The van der Waals surface area contributed by atoms with Crippen molar-refractivity contribution in [3.63, 3.8) is 0 Å². The Morgan fingerprint density at radius 3 is 2.78 bits per heavy atom. The zero-order valence-electron chi connectivity index (χ0n) is 11.7. The van der Waals surface area contributed by atoms with Crippen LogP contribution in [0.1, 0.15) is 40.0 Å². The van der Waals surface area contributed by atoms with Gasteiger partial charge < -0.3 is 15.2 Å². The summed E-state index contributed by atoms with van der Waals surface area (Å²) in [5.41, 5.74) is -0.456. The van der Waals surface area contributed by atoms with Crippen LogP contribution in [-0.2, 0) is 4.74 Å². The molecule has 0 saturated carbocycles. The van der Waals surface area contributed by atoms with Gasteiger partial charge in [-0.05, 0) is 40.2 Å². The second-order valence-electron chi connectivity index (χ2n) is 5.80. The molecular formula is C13H26N2O3. The van der Waals surface area contributed by atoms with E-state index in [0.29, 0.717) is 6.54 Å². The number of hydrogen-bond donors (Lipinski definition) is 2. The highest BCUT2D eigenvalue weighted by molar-refractivity contribution is 5.67. The third-order valence-corrected chi connectivity index (χ3v) is 3.03. The lowest BCUT2D eigenvalue weighted by Crippen LogP contribution is -2.46. The number of nitrogens with zero attached hydrogens (tertiary/aromatic N) is 1. The van der Waals surface area contributed by atoms with Gasteiger partial charge in [-0.15, -0.1) is 0 Å². The highest BCUT2D eigenvalue weighted by atomic mass is 16.6. The molecule has 0 aromatic carbocycles. The third kappa shape index (κ3) is 5.69. The first-order valence-corrected chi connectivity index (χ1v) is 6.74. The second kappa shape index (κ2) is 6.95. The fraction of sp³-hybridized carbons (Fsp3) is 0.923. The molecule has 1 aliphatic heterocycles. The number of carbonyl (C=O) groups is 1. The molecule has 18 heavy (non-hydrogen) atoms. The third-order valence-electron chi connectivity index (χ3n) is 3.03. The summed E-state index contributed by atoms with van der Waals surface area (Å²) in [6.45, 7) is 8.07. The molecule has 106 valence electrons. The van der Waals surface area contributed by atoms with Crippen molar-refractivity contribution in [3.05, 3.63) is 0 Å². The van der Waals surface area contributed by atoms with Crippen LogP contribution in [0.4, 0.5) is 4.79 Å². The van der Waals surface area contributed by atoms with Crippen molar-refractivity contribution in [2.24, 2.45) is 0 Å². The standard InChI is InChI=1S/C13H26N2O3/c1-13(2,3)18-12(17)14-7-9-15-8-5-4-6-11(15)10-16/h11,16H,4-10H2,1-3H3,(H,14,17)/t11-/m1/s1. The lowest BCUT2D eigenvalue weighted by atomic mass is 10.0. The number of amides is 1. The van der Waals surface area contributed by atoms with Crippen molar-refractivity contribution >= 4 is 6.09 Å². The monoisotopic (exact) mass is 258 g/mol. The number of hydrogen-bond acceptors (Lipinski definition) is 4. The van der Waals surface area contributed by atoms with Gasteiger partial charge in [0.25, 0.3) is 0 Å². The van der Waals surface area contributed by atoms with Crippen molar-refractivity contribution in [2.45, 2.75) is 51.7 Å². The molecule has 1 aliphatic rings. The Morgan fingerprint density at radius 1 is 1.44 bits per heavy atom. The average Bonchev–Trinajstić information content (AvgIpc) is 2.27. The van der Waals surface area contributed by atoms with Crippen LogP contribution < -0.4 is 5.32 Å². The topological polar surface area (TPSA) is 61.8 Å². The number of aliphatic hydroxyl groups excluding tert-OH is 1. The van der Waals surface area contributed by atoms with E-state index in [1.54, 1.807) is 0 Å². The Labute approximate surface area is 109 Å². The molecule has 0 aliphatic carbocycles. The van der Waals surface area contributed by atoms with Crippen LogP contribution in [0.5, 0.6) is 0 Å². The average molecular weight is 258 g/mol. The molecule has 1 heterocycles. The molecule has 1 saturated heterocycles. The summed E-state index contributed by atoms with van der Waals surface area (Å²) in [5.74, 6) is 0. The smallest absolute Gasteiger partial charge is 0.407 e. The van der Waals surface area contributed by atoms with E-state index in [-0.39, 0.29) is 18.7 Å². The van der Waals surface area contributed by atoms with E-state index in [1.807, 2.05) is 20.8 Å². The summed E-state index contributed by atoms with van der Waals surface area (Å²) < 4.78 is 5.16. The minimum Gasteiger partial charge on any atom is -0.444 e. The van der Waals surface area contributed by atoms with E-state index < -0.39 is 5.60 Å². The number of alkyl carbamates (subject to hydrolysis) is 1. The lowest BCUT2D eigenvalue weighted by Gasteiger charge is -2.34. The maximum Gasteiger partial charge on any atom is 0.407 e. The summed E-state index contributed by atoms with van der Waals surface area (Å²) in [5, 5.41) is 12.0. The largest absolute Gasteiger partial charge is 0.444 e. The molecule has 0 aromatic rings. The van der Waals surface area contributed by atoms with Crippen molar-refractivity contribution in [1.82, 2.24) is 10.2 Å². The minimum atomic E-state index is -0.456. The number of rotatable bonds is 4. The highest BCUT2D eigenvalue weighted by Gasteiger charge is 2.21. The first-order valence-electron chi connectivity index (χ1n) is 6.74. The maximum absolute atomic E-state index is 11.5. The van der Waals surface area contributed by atoms with E-state index in [0.717, 1.165) is 19.5 Å². The zero-order valence-corrected chi connectivity index (χ0v) is 11.7. The molecule has 1 amide bonds. The normalized spacial score (nSPS) is 21.7. The fourth-order valence-corrected chi connectivity index (χ4v) is 2.18. The number of likely N-dealkylation sites (tertiary alicyclic amines) is 1. The van der Waals surface area contributed by atoms with Gasteiger partial charge in [0.1, 0.15) is 5.60 Å². The molecule has 0 aromatic heterocycles. The summed E-state index contributed by atoms with van der Waals surface area (Å²) >= 11 is 0. The van der Waals surface area contributed by atoms with Crippen molar-refractivity contribution in [2.75, 3.05) is 26.2 Å². The molecule has 2 N–H and O–H groups in total. The van der Waals surface area contributed by atoms with Crippen molar-refractivity contribution < 1.29 is 14.6 Å². The van der Waals surface area contributed by atoms with Gasteiger partial charge in [0.2, 0.25) is 0 Å². The van der Waals surface area contributed by atoms with Crippen LogP contribution in [-0.4, -0.2) is 54.0 Å². The summed E-state index contributed by atoms with van der Waals surface area (Å²) in [6, 6.07) is 0.249. The van der Waals surface area contributed by atoms with Gasteiger partial charge in [0, 0.05) is 19.1 Å². The lowest BCUT2D eigenvalue weighted by molar-refractivity contribution is 0.0502. The van der Waals surface area contributed by atoms with Gasteiger partial charge in [0.05, 0.1) is 6.61 Å². The van der Waals surface area contributed by atoms with E-state index in [1.165, 1.54) is 12.8 Å². The molecular weight excluding hydrogens is 232 g/mol. The Bertz CT molecular complexity index is 263. The van der Waals surface area contributed by atoms with Crippen LogP contribution in [0, 0.1) is 0 Å². The van der Waals surface area contributed by atoms with Crippen LogP contribution in [0.15, 0.2) is 0 Å². The number of piperidine rings is 1. The van der Waals surface area contributed by atoms with E-state index in [4.69, 9.17) is 4.74 Å². The molecule has 5 nitrogen and oxygen atoms in total. The maximum atomic E-state index is 11.5. The number of aliphatic hydroxyl groups is 1. The van der Waals surface area contributed by atoms with Crippen LogP contribution in [0.3, 0.4) is 0 Å². The first-order chi connectivity index (χ1) is 8.42. The van der Waals surface area contributed by atoms with E-state index in [2.05, 4.69) is 10.2 Å². The van der Waals surface area contributed by atoms with E-state index >= 15 is 0 Å². The quantitative estimate of drug-likeness (QED) is 0.799. The summed E-state index contributed by atoms with van der Waals surface area (Å²) in [6.07, 6.45) is 3.02. The number of ether oxygens (including phenoxy) is 1. The first kappa shape index (κ1) is 15.2. The van der Waals surface area contributed by atoms with E-state index in [9.17, 15) is 9.90 Å². The molecule has 1 fully saturated rings. The molecule has 0 spiro atoms. The Kier molecular flexibility index (Phi) is 5.88. The van der Waals surface area contributed by atoms with Crippen molar-refractivity contribution in [3.8, 4) is 0 Å². The van der Waals surface area contributed by atoms with Crippen LogP contribution in [0.25, 0.3) is 0 Å². The van der Waals surface area contributed by atoms with Crippen LogP contribution in [0.2, 0.25) is 0 Å². The van der Waals surface area contributed by atoms with Crippen molar-refractivity contribution in [1.29, 1.82) is 0 Å². The summed E-state index contributed by atoms with van der Waals surface area (Å²) in [4.78, 5) is 13.7. The fourth-order valence-electron chi connectivity index (χ4n) is 2.18. The van der Waals surface area contributed by atoms with Gasteiger partial charge in [-0.2, -0.15) is 0 Å². The Hall–Kier alpha value is -0.810. The summed E-state index contributed by atoms with van der Waals surface area (Å²) in [7, 11) is 0. The molecule has 0 unspecified atom stereocenters.